The summed E-state index contributed by atoms with van der Waals surface area (Å²) in [5.41, 5.74) is 6.10. The van der Waals surface area contributed by atoms with Crippen molar-refractivity contribution < 1.29 is 4.52 Å². The fourth-order valence-corrected chi connectivity index (χ4v) is 4.10. The van der Waals surface area contributed by atoms with Crippen molar-refractivity contribution in [1.29, 1.82) is 0 Å². The number of hydrogen-bond donors (Lipinski definition) is 1. The van der Waals surface area contributed by atoms with Crippen LogP contribution in [0.2, 0.25) is 0 Å². The average molecular weight is 311 g/mol. The number of nitrogens with two attached hydrogens (primary N) is 1. The molecule has 0 amide bonds. The topological polar surface area (TPSA) is 64.9 Å². The number of rotatable bonds is 6. The molecule has 0 saturated heterocycles. The largest absolute Gasteiger partial charge is 0.339 e. The molecule has 1 heterocycles. The molecule has 1 aliphatic carbocycles. The highest BCUT2D eigenvalue weighted by Crippen LogP contribution is 2.32. The van der Waals surface area contributed by atoms with Gasteiger partial charge in [0.15, 0.2) is 5.82 Å². The fraction of sp³-hybridized carbons (Fsp3) is 0.875. The first kappa shape index (κ1) is 16.8. The molecule has 1 fully saturated rings. The summed E-state index contributed by atoms with van der Waals surface area (Å²) < 4.78 is 5.45. The molecule has 0 aliphatic heterocycles. The minimum Gasteiger partial charge on any atom is -0.339 e. The Balaban J connectivity index is 1.87. The third-order valence-electron chi connectivity index (χ3n) is 3.98. The zero-order chi connectivity index (χ0) is 15.3. The quantitative estimate of drug-likeness (QED) is 0.856. The second-order valence-corrected chi connectivity index (χ2v) is 8.61. The Bertz CT molecular complexity index is 421. The standard InChI is InChI=1S/C16H29N3OS/c1-16(2,3)9-12(10-17)15-18-14(19-20-15)11-21-13-7-5-4-6-8-13/h12-13H,4-11,17H2,1-3H3. The minimum atomic E-state index is 0.172. The maximum Gasteiger partial charge on any atom is 0.231 e. The van der Waals surface area contributed by atoms with E-state index >= 15 is 0 Å². The molecule has 1 saturated carbocycles. The Morgan fingerprint density at radius 1 is 1.29 bits per heavy atom. The van der Waals surface area contributed by atoms with Gasteiger partial charge in [0.25, 0.3) is 0 Å². The van der Waals surface area contributed by atoms with E-state index in [4.69, 9.17) is 10.3 Å². The summed E-state index contributed by atoms with van der Waals surface area (Å²) in [6.45, 7) is 7.21. The van der Waals surface area contributed by atoms with Crippen LogP contribution in [-0.4, -0.2) is 21.9 Å². The maximum absolute atomic E-state index is 5.88. The molecule has 0 radical (unpaired) electrons. The zero-order valence-electron chi connectivity index (χ0n) is 13.6. The summed E-state index contributed by atoms with van der Waals surface area (Å²) in [5.74, 6) is 2.58. The van der Waals surface area contributed by atoms with Crippen LogP contribution in [0.3, 0.4) is 0 Å². The molecule has 21 heavy (non-hydrogen) atoms. The maximum atomic E-state index is 5.88. The van der Waals surface area contributed by atoms with Gasteiger partial charge in [-0.2, -0.15) is 16.7 Å². The van der Waals surface area contributed by atoms with E-state index < -0.39 is 0 Å². The van der Waals surface area contributed by atoms with E-state index in [9.17, 15) is 0 Å². The summed E-state index contributed by atoms with van der Waals surface area (Å²) in [5, 5.41) is 4.92. The van der Waals surface area contributed by atoms with Crippen molar-refractivity contribution in [3.05, 3.63) is 11.7 Å². The second kappa shape index (κ2) is 7.63. The van der Waals surface area contributed by atoms with Crippen LogP contribution in [-0.2, 0) is 5.75 Å². The van der Waals surface area contributed by atoms with Gasteiger partial charge in [0.05, 0.1) is 11.7 Å². The van der Waals surface area contributed by atoms with Crippen LogP contribution in [0.25, 0.3) is 0 Å². The van der Waals surface area contributed by atoms with Crippen LogP contribution in [0.1, 0.15) is 76.9 Å². The monoisotopic (exact) mass is 311 g/mol. The first-order valence-electron chi connectivity index (χ1n) is 8.12. The van der Waals surface area contributed by atoms with Crippen molar-refractivity contribution >= 4 is 11.8 Å². The van der Waals surface area contributed by atoms with E-state index in [1.54, 1.807) is 0 Å². The summed E-state index contributed by atoms with van der Waals surface area (Å²) in [6.07, 6.45) is 7.79. The lowest BCUT2D eigenvalue weighted by molar-refractivity contribution is 0.286. The van der Waals surface area contributed by atoms with Gasteiger partial charge in [-0.25, -0.2) is 0 Å². The van der Waals surface area contributed by atoms with Crippen molar-refractivity contribution in [1.82, 2.24) is 10.1 Å². The van der Waals surface area contributed by atoms with Gasteiger partial charge >= 0.3 is 0 Å². The highest BCUT2D eigenvalue weighted by atomic mass is 32.2. The van der Waals surface area contributed by atoms with Crippen molar-refractivity contribution in [3.8, 4) is 0 Å². The molecule has 1 unspecified atom stereocenters. The summed E-state index contributed by atoms with van der Waals surface area (Å²) in [4.78, 5) is 4.57. The van der Waals surface area contributed by atoms with Gasteiger partial charge in [0.2, 0.25) is 5.89 Å². The molecular formula is C16H29N3OS. The van der Waals surface area contributed by atoms with Crippen LogP contribution in [0.15, 0.2) is 4.52 Å². The van der Waals surface area contributed by atoms with E-state index in [0.29, 0.717) is 12.4 Å². The Labute approximate surface area is 132 Å². The number of thioether (sulfide) groups is 1. The van der Waals surface area contributed by atoms with Crippen LogP contribution < -0.4 is 5.73 Å². The summed E-state index contributed by atoms with van der Waals surface area (Å²) >= 11 is 1.98. The van der Waals surface area contributed by atoms with Crippen molar-refractivity contribution in [2.24, 2.45) is 11.1 Å². The van der Waals surface area contributed by atoms with E-state index in [0.717, 1.165) is 23.2 Å². The van der Waals surface area contributed by atoms with Crippen molar-refractivity contribution in [2.45, 2.75) is 76.2 Å². The molecule has 5 heteroatoms. The van der Waals surface area contributed by atoms with Gasteiger partial charge in [0, 0.05) is 11.8 Å². The third kappa shape index (κ3) is 5.62. The molecule has 1 aromatic rings. The summed E-state index contributed by atoms with van der Waals surface area (Å²) in [6, 6.07) is 0. The number of aromatic nitrogens is 2. The van der Waals surface area contributed by atoms with Gasteiger partial charge in [-0.05, 0) is 24.7 Å². The van der Waals surface area contributed by atoms with Crippen LogP contribution in [0.4, 0.5) is 0 Å². The lowest BCUT2D eigenvalue weighted by Crippen LogP contribution is -2.19. The average Bonchev–Trinajstić information content (AvgIpc) is 2.91. The van der Waals surface area contributed by atoms with Gasteiger partial charge in [-0.1, -0.05) is 45.2 Å². The van der Waals surface area contributed by atoms with Gasteiger partial charge in [-0.3, -0.25) is 0 Å². The predicted molar refractivity (Wildman–Crippen MR) is 88.3 cm³/mol. The molecule has 0 bridgehead atoms. The molecule has 1 aromatic heterocycles. The van der Waals surface area contributed by atoms with Crippen LogP contribution >= 0.6 is 11.8 Å². The minimum absolute atomic E-state index is 0.172. The summed E-state index contributed by atoms with van der Waals surface area (Å²) in [7, 11) is 0. The van der Waals surface area contributed by atoms with Gasteiger partial charge in [0.1, 0.15) is 0 Å². The Kier molecular flexibility index (Phi) is 6.11. The smallest absolute Gasteiger partial charge is 0.231 e. The lowest BCUT2D eigenvalue weighted by atomic mass is 9.84. The highest BCUT2D eigenvalue weighted by Gasteiger charge is 2.24. The fourth-order valence-electron chi connectivity index (χ4n) is 2.93. The van der Waals surface area contributed by atoms with Crippen LogP contribution in [0, 0.1) is 5.41 Å². The normalized spacial score (nSPS) is 18.9. The van der Waals surface area contributed by atoms with Crippen LogP contribution in [0.5, 0.6) is 0 Å². The molecule has 1 atom stereocenters. The molecule has 2 N–H and O–H groups in total. The highest BCUT2D eigenvalue weighted by molar-refractivity contribution is 7.99. The first-order valence-corrected chi connectivity index (χ1v) is 9.17. The van der Waals surface area contributed by atoms with E-state index in [1.165, 1.54) is 32.1 Å². The molecule has 0 spiro atoms. The number of hydrogen-bond acceptors (Lipinski definition) is 5. The molecule has 0 aromatic carbocycles. The van der Waals surface area contributed by atoms with Gasteiger partial charge in [-0.15, -0.1) is 0 Å². The molecule has 4 nitrogen and oxygen atoms in total. The SMILES string of the molecule is CC(C)(C)CC(CN)c1nc(CSC2CCCCC2)no1. The molecule has 120 valence electrons. The Morgan fingerprint density at radius 2 is 2.00 bits per heavy atom. The van der Waals surface area contributed by atoms with Crippen molar-refractivity contribution in [3.63, 3.8) is 0 Å². The third-order valence-corrected chi connectivity index (χ3v) is 5.34. The molecule has 1 aliphatic rings. The Hall–Kier alpha value is -0.550. The first-order chi connectivity index (χ1) is 9.98. The second-order valence-electron chi connectivity index (χ2n) is 7.32. The van der Waals surface area contributed by atoms with Gasteiger partial charge < -0.3 is 10.3 Å². The zero-order valence-corrected chi connectivity index (χ0v) is 14.4. The van der Waals surface area contributed by atoms with E-state index in [2.05, 4.69) is 30.9 Å². The molecule has 2 rings (SSSR count). The van der Waals surface area contributed by atoms with Crippen molar-refractivity contribution in [2.75, 3.05) is 6.54 Å². The van der Waals surface area contributed by atoms with E-state index in [-0.39, 0.29) is 11.3 Å². The van der Waals surface area contributed by atoms with E-state index in [1.807, 2.05) is 11.8 Å². The Morgan fingerprint density at radius 3 is 2.62 bits per heavy atom. The lowest BCUT2D eigenvalue weighted by Gasteiger charge is -2.22. The number of nitrogens with zero attached hydrogens (tertiary/aromatic N) is 2. The predicted octanol–water partition coefficient (Wildman–Crippen LogP) is 4.11. The molecular weight excluding hydrogens is 282 g/mol.